The van der Waals surface area contributed by atoms with Gasteiger partial charge in [-0.2, -0.15) is 0 Å². The SMILES string of the molecule is Cc1ccc(-c2csc3ncnc(Nc4ccc(Cl)cc4Cl)c23)cc1. The monoisotopic (exact) mass is 385 g/mol. The Morgan fingerprint density at radius 3 is 2.56 bits per heavy atom. The van der Waals surface area contributed by atoms with E-state index in [0.717, 1.165) is 32.8 Å². The molecule has 124 valence electrons. The van der Waals surface area contributed by atoms with Crippen LogP contribution in [0.2, 0.25) is 10.0 Å². The van der Waals surface area contributed by atoms with Crippen molar-refractivity contribution < 1.29 is 0 Å². The summed E-state index contributed by atoms with van der Waals surface area (Å²) in [4.78, 5) is 9.76. The molecule has 0 aliphatic carbocycles. The molecule has 2 heterocycles. The van der Waals surface area contributed by atoms with Gasteiger partial charge in [-0.25, -0.2) is 9.97 Å². The van der Waals surface area contributed by atoms with Crippen LogP contribution in [-0.2, 0) is 0 Å². The van der Waals surface area contributed by atoms with Crippen LogP contribution in [0.3, 0.4) is 0 Å². The van der Waals surface area contributed by atoms with Gasteiger partial charge in [0.15, 0.2) is 0 Å². The third kappa shape index (κ3) is 3.21. The standard InChI is InChI=1S/C19H13Cl2N3S/c1-11-2-4-12(5-3-11)14-9-25-19-17(14)18(22-10-23-19)24-16-7-6-13(20)8-15(16)21/h2-10H,1H3,(H,22,23,24). The van der Waals surface area contributed by atoms with Crippen LogP contribution in [0, 0.1) is 6.92 Å². The third-order valence-electron chi connectivity index (χ3n) is 3.92. The number of halogens is 2. The number of thiophene rings is 1. The molecule has 2 aromatic carbocycles. The van der Waals surface area contributed by atoms with Gasteiger partial charge in [-0.1, -0.05) is 53.0 Å². The highest BCUT2D eigenvalue weighted by Crippen LogP contribution is 2.38. The number of aryl methyl sites for hydroxylation is 1. The smallest absolute Gasteiger partial charge is 0.143 e. The second kappa shape index (κ2) is 6.64. The molecule has 0 spiro atoms. The molecule has 0 radical (unpaired) electrons. The molecule has 25 heavy (non-hydrogen) atoms. The molecule has 0 amide bonds. The summed E-state index contributed by atoms with van der Waals surface area (Å²) in [6, 6.07) is 13.8. The van der Waals surface area contributed by atoms with Crippen LogP contribution in [0.1, 0.15) is 5.56 Å². The quantitative estimate of drug-likeness (QED) is 0.425. The van der Waals surface area contributed by atoms with Crippen LogP contribution in [-0.4, -0.2) is 9.97 Å². The van der Waals surface area contributed by atoms with Gasteiger partial charge in [0.2, 0.25) is 0 Å². The predicted molar refractivity (Wildman–Crippen MR) is 107 cm³/mol. The molecule has 0 atom stereocenters. The summed E-state index contributed by atoms with van der Waals surface area (Å²) in [5.74, 6) is 0.728. The summed E-state index contributed by atoms with van der Waals surface area (Å²) < 4.78 is 0. The average Bonchev–Trinajstić information content (AvgIpc) is 3.03. The Bertz CT molecular complexity index is 1060. The zero-order valence-corrected chi connectivity index (χ0v) is 15.6. The van der Waals surface area contributed by atoms with Crippen molar-refractivity contribution in [1.82, 2.24) is 9.97 Å². The van der Waals surface area contributed by atoms with Gasteiger partial charge in [0.25, 0.3) is 0 Å². The third-order valence-corrected chi connectivity index (χ3v) is 5.35. The molecule has 1 N–H and O–H groups in total. The van der Waals surface area contributed by atoms with E-state index in [0.29, 0.717) is 10.0 Å². The number of nitrogens with zero attached hydrogens (tertiary/aromatic N) is 2. The molecule has 0 unspecified atom stereocenters. The van der Waals surface area contributed by atoms with Crippen LogP contribution < -0.4 is 5.32 Å². The Morgan fingerprint density at radius 1 is 1.00 bits per heavy atom. The number of anilines is 2. The van der Waals surface area contributed by atoms with E-state index in [9.17, 15) is 0 Å². The highest BCUT2D eigenvalue weighted by atomic mass is 35.5. The lowest BCUT2D eigenvalue weighted by Crippen LogP contribution is -1.96. The summed E-state index contributed by atoms with van der Waals surface area (Å²) in [5.41, 5.74) is 4.23. The van der Waals surface area contributed by atoms with Crippen molar-refractivity contribution in [2.45, 2.75) is 6.92 Å². The zero-order valence-electron chi connectivity index (χ0n) is 13.3. The molecule has 0 saturated carbocycles. The van der Waals surface area contributed by atoms with Crippen molar-refractivity contribution in [3.63, 3.8) is 0 Å². The van der Waals surface area contributed by atoms with Crippen LogP contribution in [0.5, 0.6) is 0 Å². The van der Waals surface area contributed by atoms with Crippen LogP contribution >= 0.6 is 34.5 Å². The van der Waals surface area contributed by atoms with E-state index in [1.165, 1.54) is 5.56 Å². The van der Waals surface area contributed by atoms with Crippen LogP contribution in [0.15, 0.2) is 54.2 Å². The van der Waals surface area contributed by atoms with Gasteiger partial charge >= 0.3 is 0 Å². The van der Waals surface area contributed by atoms with Gasteiger partial charge in [-0.3, -0.25) is 0 Å². The Kier molecular flexibility index (Phi) is 4.34. The largest absolute Gasteiger partial charge is 0.338 e. The molecule has 6 heteroatoms. The number of rotatable bonds is 3. The predicted octanol–water partition coefficient (Wildman–Crippen LogP) is 6.72. The van der Waals surface area contributed by atoms with Crippen molar-refractivity contribution >= 4 is 56.3 Å². The molecule has 4 rings (SSSR count). The van der Waals surface area contributed by atoms with E-state index in [2.05, 4.69) is 51.9 Å². The Hall–Kier alpha value is -2.14. The summed E-state index contributed by atoms with van der Waals surface area (Å²) in [6.45, 7) is 2.08. The van der Waals surface area contributed by atoms with Gasteiger partial charge in [-0.15, -0.1) is 11.3 Å². The Morgan fingerprint density at radius 2 is 1.80 bits per heavy atom. The minimum absolute atomic E-state index is 0.548. The van der Waals surface area contributed by atoms with E-state index >= 15 is 0 Å². The number of hydrogen-bond donors (Lipinski definition) is 1. The van der Waals surface area contributed by atoms with Gasteiger partial charge in [0, 0.05) is 16.0 Å². The first-order valence-corrected chi connectivity index (χ1v) is 9.27. The molecule has 0 saturated heterocycles. The minimum atomic E-state index is 0.548. The Balaban J connectivity index is 1.84. The molecule has 0 fully saturated rings. The maximum atomic E-state index is 6.29. The molecule has 3 nitrogen and oxygen atoms in total. The normalized spacial score (nSPS) is 11.0. The molecule has 0 bridgehead atoms. The van der Waals surface area contributed by atoms with Crippen molar-refractivity contribution in [2.24, 2.45) is 0 Å². The highest BCUT2D eigenvalue weighted by Gasteiger charge is 2.14. The molecule has 4 aromatic rings. The maximum absolute atomic E-state index is 6.29. The van der Waals surface area contributed by atoms with E-state index in [1.54, 1.807) is 29.8 Å². The highest BCUT2D eigenvalue weighted by molar-refractivity contribution is 7.17. The first kappa shape index (κ1) is 16.3. The first-order valence-electron chi connectivity index (χ1n) is 7.63. The lowest BCUT2D eigenvalue weighted by atomic mass is 10.0. The zero-order chi connectivity index (χ0) is 17.4. The number of fused-ring (bicyclic) bond motifs is 1. The van der Waals surface area contributed by atoms with Crippen molar-refractivity contribution in [3.8, 4) is 11.1 Å². The van der Waals surface area contributed by atoms with E-state index < -0.39 is 0 Å². The summed E-state index contributed by atoms with van der Waals surface area (Å²) >= 11 is 13.9. The second-order valence-electron chi connectivity index (χ2n) is 5.67. The molecule has 2 aromatic heterocycles. The number of hydrogen-bond acceptors (Lipinski definition) is 4. The fourth-order valence-corrected chi connectivity index (χ4v) is 4.01. The van der Waals surface area contributed by atoms with Gasteiger partial charge in [0.1, 0.15) is 17.0 Å². The van der Waals surface area contributed by atoms with Gasteiger partial charge < -0.3 is 5.32 Å². The fourth-order valence-electron chi connectivity index (χ4n) is 2.63. The van der Waals surface area contributed by atoms with E-state index in [1.807, 2.05) is 6.07 Å². The molecule has 0 aliphatic rings. The Labute approximate surface area is 159 Å². The van der Waals surface area contributed by atoms with Crippen molar-refractivity contribution in [2.75, 3.05) is 5.32 Å². The van der Waals surface area contributed by atoms with Crippen LogP contribution in [0.25, 0.3) is 21.3 Å². The van der Waals surface area contributed by atoms with E-state index in [4.69, 9.17) is 23.2 Å². The van der Waals surface area contributed by atoms with Crippen molar-refractivity contribution in [1.29, 1.82) is 0 Å². The lowest BCUT2D eigenvalue weighted by molar-refractivity contribution is 1.23. The minimum Gasteiger partial charge on any atom is -0.338 e. The summed E-state index contributed by atoms with van der Waals surface area (Å²) in [6.07, 6.45) is 1.56. The topological polar surface area (TPSA) is 37.8 Å². The first-order chi connectivity index (χ1) is 12.1. The van der Waals surface area contributed by atoms with Crippen LogP contribution in [0.4, 0.5) is 11.5 Å². The fraction of sp³-hybridized carbons (Fsp3) is 0.0526. The van der Waals surface area contributed by atoms with Gasteiger partial charge in [0.05, 0.1) is 16.1 Å². The molecule has 0 aliphatic heterocycles. The molecular weight excluding hydrogens is 373 g/mol. The lowest BCUT2D eigenvalue weighted by Gasteiger charge is -2.10. The number of nitrogens with one attached hydrogen (secondary N) is 1. The molecular formula is C19H13Cl2N3S. The van der Waals surface area contributed by atoms with E-state index in [-0.39, 0.29) is 0 Å². The summed E-state index contributed by atoms with van der Waals surface area (Å²) in [5, 5.41) is 7.56. The maximum Gasteiger partial charge on any atom is 0.143 e. The second-order valence-corrected chi connectivity index (χ2v) is 7.37. The number of aromatic nitrogens is 2. The summed E-state index contributed by atoms with van der Waals surface area (Å²) in [7, 11) is 0. The number of benzene rings is 2. The van der Waals surface area contributed by atoms with Gasteiger partial charge in [-0.05, 0) is 30.7 Å². The average molecular weight is 386 g/mol. The van der Waals surface area contributed by atoms with Crippen molar-refractivity contribution in [3.05, 3.63) is 69.8 Å².